The summed E-state index contributed by atoms with van der Waals surface area (Å²) in [4.78, 5) is 4.72. The fraction of sp³-hybridized carbons (Fsp3) is 0.722. The number of hydrogen-bond acceptors (Lipinski definition) is 3. The van der Waals surface area contributed by atoms with Crippen LogP contribution in [0.2, 0.25) is 0 Å². The Balaban J connectivity index is 1.87. The Labute approximate surface area is 139 Å². The lowest BCUT2D eigenvalue weighted by Gasteiger charge is -2.26. The van der Waals surface area contributed by atoms with E-state index in [1.165, 1.54) is 32.1 Å². The molecule has 130 valence electrons. The van der Waals surface area contributed by atoms with Gasteiger partial charge in [-0.3, -0.25) is 4.99 Å². The Morgan fingerprint density at radius 2 is 2.13 bits per heavy atom. The van der Waals surface area contributed by atoms with Crippen molar-refractivity contribution in [2.24, 2.45) is 4.99 Å². The van der Waals surface area contributed by atoms with Gasteiger partial charge in [0.15, 0.2) is 5.96 Å². The summed E-state index contributed by atoms with van der Waals surface area (Å²) < 4.78 is 10.8. The van der Waals surface area contributed by atoms with Gasteiger partial charge >= 0.3 is 0 Å². The summed E-state index contributed by atoms with van der Waals surface area (Å²) in [5.41, 5.74) is -0.248. The summed E-state index contributed by atoms with van der Waals surface area (Å²) in [6.07, 6.45) is 8.99. The van der Waals surface area contributed by atoms with E-state index in [1.54, 1.807) is 13.4 Å². The first-order valence-corrected chi connectivity index (χ1v) is 8.71. The number of ether oxygens (including phenoxy) is 1. The van der Waals surface area contributed by atoms with Crippen LogP contribution in [-0.2, 0) is 11.2 Å². The molecule has 0 aliphatic heterocycles. The zero-order valence-electron chi connectivity index (χ0n) is 14.7. The molecule has 0 bridgehead atoms. The highest BCUT2D eigenvalue weighted by Gasteiger charge is 2.18. The molecular formula is C18H31N3O2. The van der Waals surface area contributed by atoms with E-state index < -0.39 is 0 Å². The number of methoxy groups -OCH3 is 1. The summed E-state index contributed by atoms with van der Waals surface area (Å²) in [5.74, 6) is 1.88. The summed E-state index contributed by atoms with van der Waals surface area (Å²) in [7, 11) is 1.73. The monoisotopic (exact) mass is 321 g/mol. The molecule has 0 spiro atoms. The van der Waals surface area contributed by atoms with E-state index in [0.29, 0.717) is 12.6 Å². The molecule has 5 nitrogen and oxygen atoms in total. The first-order valence-electron chi connectivity index (χ1n) is 8.71. The van der Waals surface area contributed by atoms with E-state index in [-0.39, 0.29) is 5.60 Å². The van der Waals surface area contributed by atoms with Crippen molar-refractivity contribution in [2.45, 2.75) is 64.0 Å². The smallest absolute Gasteiger partial charge is 0.191 e. The van der Waals surface area contributed by atoms with Crippen LogP contribution >= 0.6 is 0 Å². The van der Waals surface area contributed by atoms with Gasteiger partial charge in [-0.25, -0.2) is 0 Å². The largest absolute Gasteiger partial charge is 0.469 e. The maximum Gasteiger partial charge on any atom is 0.191 e. The van der Waals surface area contributed by atoms with Gasteiger partial charge in [-0.2, -0.15) is 0 Å². The van der Waals surface area contributed by atoms with Crippen molar-refractivity contribution in [2.75, 3.05) is 20.2 Å². The molecular weight excluding hydrogens is 290 g/mol. The van der Waals surface area contributed by atoms with Gasteiger partial charge in [-0.05, 0) is 38.8 Å². The predicted octanol–water partition coefficient (Wildman–Crippen LogP) is 3.12. The van der Waals surface area contributed by atoms with Crippen molar-refractivity contribution in [1.82, 2.24) is 10.6 Å². The zero-order valence-corrected chi connectivity index (χ0v) is 14.7. The molecule has 0 amide bonds. The standard InChI is InChI=1S/C18H31N3O2/c1-18(2,22-3)14-20-17(21-15-8-5-4-6-9-15)19-12-11-16-10-7-13-23-16/h7,10,13,15H,4-6,8-9,11-12,14H2,1-3H3,(H2,19,20,21). The number of furan rings is 1. The molecule has 5 heteroatoms. The van der Waals surface area contributed by atoms with E-state index in [4.69, 9.17) is 14.1 Å². The molecule has 0 radical (unpaired) electrons. The van der Waals surface area contributed by atoms with E-state index in [1.807, 2.05) is 12.1 Å². The lowest BCUT2D eigenvalue weighted by molar-refractivity contribution is 0.0310. The van der Waals surface area contributed by atoms with Gasteiger partial charge < -0.3 is 19.8 Å². The maximum atomic E-state index is 5.46. The molecule has 1 heterocycles. The van der Waals surface area contributed by atoms with E-state index in [0.717, 1.165) is 24.7 Å². The van der Waals surface area contributed by atoms with Crippen LogP contribution in [0.25, 0.3) is 0 Å². The second kappa shape index (κ2) is 8.96. The van der Waals surface area contributed by atoms with Crippen molar-refractivity contribution < 1.29 is 9.15 Å². The lowest BCUT2D eigenvalue weighted by Crippen LogP contribution is -2.45. The summed E-state index contributed by atoms with van der Waals surface area (Å²) in [5, 5.41) is 7.01. The Bertz CT molecular complexity index is 463. The van der Waals surface area contributed by atoms with Crippen LogP contribution in [0.5, 0.6) is 0 Å². The molecule has 0 atom stereocenters. The van der Waals surface area contributed by atoms with Crippen LogP contribution in [0, 0.1) is 0 Å². The van der Waals surface area contributed by atoms with Crippen molar-refractivity contribution in [1.29, 1.82) is 0 Å². The number of nitrogens with one attached hydrogen (secondary N) is 2. The van der Waals surface area contributed by atoms with E-state index in [2.05, 4.69) is 24.5 Å². The van der Waals surface area contributed by atoms with Crippen molar-refractivity contribution >= 4 is 5.96 Å². The van der Waals surface area contributed by atoms with Gasteiger partial charge in [-0.15, -0.1) is 0 Å². The van der Waals surface area contributed by atoms with Crippen molar-refractivity contribution in [3.8, 4) is 0 Å². The van der Waals surface area contributed by atoms with E-state index in [9.17, 15) is 0 Å². The number of nitrogens with zero attached hydrogens (tertiary/aromatic N) is 1. The second-order valence-electron chi connectivity index (χ2n) is 6.86. The fourth-order valence-corrected chi connectivity index (χ4v) is 2.69. The quantitative estimate of drug-likeness (QED) is 0.598. The molecule has 23 heavy (non-hydrogen) atoms. The second-order valence-corrected chi connectivity index (χ2v) is 6.86. The average Bonchev–Trinajstić information content (AvgIpc) is 3.07. The van der Waals surface area contributed by atoms with Crippen molar-refractivity contribution in [3.05, 3.63) is 24.2 Å². The highest BCUT2D eigenvalue weighted by molar-refractivity contribution is 5.80. The first kappa shape index (κ1) is 17.9. The summed E-state index contributed by atoms with van der Waals surface area (Å²) >= 11 is 0. The number of aliphatic imine (C=N–C) groups is 1. The molecule has 0 unspecified atom stereocenters. The highest BCUT2D eigenvalue weighted by Crippen LogP contribution is 2.17. The van der Waals surface area contributed by atoms with Crippen molar-refractivity contribution in [3.63, 3.8) is 0 Å². The molecule has 1 aliphatic carbocycles. The molecule has 0 aromatic carbocycles. The fourth-order valence-electron chi connectivity index (χ4n) is 2.69. The van der Waals surface area contributed by atoms with Gasteiger partial charge in [0.25, 0.3) is 0 Å². The molecule has 1 aliphatic rings. The number of rotatable bonds is 7. The summed E-state index contributed by atoms with van der Waals surface area (Å²) in [6, 6.07) is 4.46. The minimum absolute atomic E-state index is 0.248. The molecule has 1 aromatic heterocycles. The number of guanidine groups is 1. The molecule has 1 aromatic rings. The van der Waals surface area contributed by atoms with Gasteiger partial charge in [-0.1, -0.05) is 19.3 Å². The van der Waals surface area contributed by atoms with Crippen LogP contribution in [0.3, 0.4) is 0 Å². The van der Waals surface area contributed by atoms with Crippen LogP contribution in [0.4, 0.5) is 0 Å². The molecule has 1 fully saturated rings. The van der Waals surface area contributed by atoms with Gasteiger partial charge in [0.05, 0.1) is 18.4 Å². The van der Waals surface area contributed by atoms with Gasteiger partial charge in [0.2, 0.25) is 0 Å². The summed E-state index contributed by atoms with van der Waals surface area (Å²) in [6.45, 7) is 5.54. The Hall–Kier alpha value is -1.49. The van der Waals surface area contributed by atoms with Crippen LogP contribution < -0.4 is 10.6 Å². The third-order valence-electron chi connectivity index (χ3n) is 4.36. The topological polar surface area (TPSA) is 58.8 Å². The van der Waals surface area contributed by atoms with Gasteiger partial charge in [0.1, 0.15) is 5.76 Å². The third kappa shape index (κ3) is 6.65. The highest BCUT2D eigenvalue weighted by atomic mass is 16.5. The Kier molecular flexibility index (Phi) is 6.96. The molecule has 1 saturated carbocycles. The molecule has 0 saturated heterocycles. The first-order chi connectivity index (χ1) is 11.1. The van der Waals surface area contributed by atoms with Gasteiger partial charge in [0, 0.05) is 26.1 Å². The third-order valence-corrected chi connectivity index (χ3v) is 4.36. The van der Waals surface area contributed by atoms with Crippen LogP contribution in [0.1, 0.15) is 51.7 Å². The minimum atomic E-state index is -0.248. The van der Waals surface area contributed by atoms with Crippen LogP contribution in [0.15, 0.2) is 27.8 Å². The zero-order chi connectivity index (χ0) is 16.5. The maximum absolute atomic E-state index is 5.46. The molecule has 2 N–H and O–H groups in total. The average molecular weight is 321 g/mol. The minimum Gasteiger partial charge on any atom is -0.469 e. The Morgan fingerprint density at radius 1 is 1.35 bits per heavy atom. The normalized spacial score (nSPS) is 17.3. The number of hydrogen-bond donors (Lipinski definition) is 2. The predicted molar refractivity (Wildman–Crippen MR) is 93.8 cm³/mol. The van der Waals surface area contributed by atoms with E-state index >= 15 is 0 Å². The lowest BCUT2D eigenvalue weighted by atomic mass is 9.96. The SMILES string of the molecule is COC(C)(C)CN=C(NCCc1ccco1)NC1CCCCC1. The van der Waals surface area contributed by atoms with Crippen LogP contribution in [-0.4, -0.2) is 37.8 Å². The molecule has 2 rings (SSSR count). The Morgan fingerprint density at radius 3 is 2.78 bits per heavy atom.